The number of carbonyl (C=O) groups excluding carboxylic acids is 1. The summed E-state index contributed by atoms with van der Waals surface area (Å²) in [6, 6.07) is 0. The second-order valence-electron chi connectivity index (χ2n) is 3.74. The molecule has 14 heavy (non-hydrogen) atoms. The zero-order chi connectivity index (χ0) is 9.97. The van der Waals surface area contributed by atoms with Crippen LogP contribution in [0.4, 0.5) is 4.79 Å². The van der Waals surface area contributed by atoms with Gasteiger partial charge >= 0.3 is 6.09 Å². The summed E-state index contributed by atoms with van der Waals surface area (Å²) in [5.74, 6) is 0. The highest BCUT2D eigenvalue weighted by atomic mass is 16.5. The summed E-state index contributed by atoms with van der Waals surface area (Å²) in [6.45, 7) is 3.69. The Morgan fingerprint density at radius 2 is 2.14 bits per heavy atom. The molecule has 1 saturated heterocycles. The van der Waals surface area contributed by atoms with Crippen molar-refractivity contribution in [2.75, 3.05) is 33.3 Å². The van der Waals surface area contributed by atoms with Crippen LogP contribution in [0.5, 0.6) is 0 Å². The Morgan fingerprint density at radius 3 is 2.79 bits per heavy atom. The van der Waals surface area contributed by atoms with E-state index in [1.54, 1.807) is 4.90 Å². The van der Waals surface area contributed by atoms with E-state index >= 15 is 0 Å². The van der Waals surface area contributed by atoms with Gasteiger partial charge in [-0.05, 0) is 18.9 Å². The standard InChI is InChI=1S/C10H16N2O2/c1-14-10(13)12-7-4-9(8-12)11-5-2-3-6-11/h4H,2-3,5-8H2,1H3. The first-order valence-electron chi connectivity index (χ1n) is 5.08. The molecule has 4 nitrogen and oxygen atoms in total. The molecule has 0 aromatic heterocycles. The highest BCUT2D eigenvalue weighted by Gasteiger charge is 2.24. The van der Waals surface area contributed by atoms with E-state index in [1.807, 2.05) is 0 Å². The number of methoxy groups -OCH3 is 1. The molecule has 0 radical (unpaired) electrons. The maximum atomic E-state index is 11.2. The van der Waals surface area contributed by atoms with Gasteiger partial charge in [0.05, 0.1) is 13.7 Å². The Labute approximate surface area is 84.1 Å². The lowest BCUT2D eigenvalue weighted by Gasteiger charge is -2.21. The van der Waals surface area contributed by atoms with Crippen LogP contribution in [0.15, 0.2) is 11.8 Å². The molecule has 1 amide bonds. The fraction of sp³-hybridized carbons (Fsp3) is 0.700. The molecule has 2 heterocycles. The Kier molecular flexibility index (Phi) is 2.61. The number of hydrogen-bond acceptors (Lipinski definition) is 3. The lowest BCUT2D eigenvalue weighted by molar-refractivity contribution is 0.133. The topological polar surface area (TPSA) is 32.8 Å². The molecule has 2 rings (SSSR count). The third-order valence-corrected chi connectivity index (χ3v) is 2.85. The molecule has 1 fully saturated rings. The van der Waals surface area contributed by atoms with Crippen molar-refractivity contribution in [3.05, 3.63) is 11.8 Å². The zero-order valence-corrected chi connectivity index (χ0v) is 8.53. The van der Waals surface area contributed by atoms with Gasteiger partial charge in [0.2, 0.25) is 0 Å². The molecule has 0 spiro atoms. The molecule has 0 bridgehead atoms. The van der Waals surface area contributed by atoms with Crippen LogP contribution in [0.25, 0.3) is 0 Å². The summed E-state index contributed by atoms with van der Waals surface area (Å²) in [5, 5.41) is 0. The second-order valence-corrected chi connectivity index (χ2v) is 3.74. The van der Waals surface area contributed by atoms with E-state index in [2.05, 4.69) is 15.7 Å². The van der Waals surface area contributed by atoms with Crippen molar-refractivity contribution < 1.29 is 9.53 Å². The second kappa shape index (κ2) is 3.90. The molecule has 0 N–H and O–H groups in total. The van der Waals surface area contributed by atoms with Crippen LogP contribution in [0.2, 0.25) is 0 Å². The third kappa shape index (κ3) is 1.69. The fourth-order valence-electron chi connectivity index (χ4n) is 2.04. The molecule has 4 heteroatoms. The summed E-state index contributed by atoms with van der Waals surface area (Å²) < 4.78 is 4.68. The van der Waals surface area contributed by atoms with Crippen LogP contribution in [0.1, 0.15) is 12.8 Å². The molecule has 78 valence electrons. The van der Waals surface area contributed by atoms with Crippen LogP contribution in [-0.4, -0.2) is 49.2 Å². The van der Waals surface area contributed by atoms with E-state index < -0.39 is 0 Å². The van der Waals surface area contributed by atoms with E-state index in [9.17, 15) is 4.79 Å². The normalized spacial score (nSPS) is 21.4. The SMILES string of the molecule is COC(=O)N1CC=C(N2CCCC2)C1. The summed E-state index contributed by atoms with van der Waals surface area (Å²) >= 11 is 0. The van der Waals surface area contributed by atoms with Crippen molar-refractivity contribution in [3.8, 4) is 0 Å². The summed E-state index contributed by atoms with van der Waals surface area (Å²) in [7, 11) is 1.43. The molecule has 0 aromatic carbocycles. The minimum Gasteiger partial charge on any atom is -0.453 e. The number of carbonyl (C=O) groups is 1. The Balaban J connectivity index is 1.89. The largest absolute Gasteiger partial charge is 0.453 e. The van der Waals surface area contributed by atoms with Gasteiger partial charge in [-0.15, -0.1) is 0 Å². The van der Waals surface area contributed by atoms with Crippen molar-refractivity contribution in [2.45, 2.75) is 12.8 Å². The quantitative estimate of drug-likeness (QED) is 0.628. The summed E-state index contributed by atoms with van der Waals surface area (Å²) in [4.78, 5) is 15.3. The fourth-order valence-corrected chi connectivity index (χ4v) is 2.04. The average Bonchev–Trinajstić information content (AvgIpc) is 2.86. The monoisotopic (exact) mass is 196 g/mol. The molecule has 0 aromatic rings. The molecule has 2 aliphatic rings. The van der Waals surface area contributed by atoms with E-state index in [-0.39, 0.29) is 6.09 Å². The minimum atomic E-state index is -0.226. The molecule has 0 atom stereocenters. The summed E-state index contributed by atoms with van der Waals surface area (Å²) in [6.07, 6.45) is 4.45. The predicted octanol–water partition coefficient (Wildman–Crippen LogP) is 1.05. The Morgan fingerprint density at radius 1 is 1.43 bits per heavy atom. The minimum absolute atomic E-state index is 0.226. The number of nitrogens with zero attached hydrogens (tertiary/aromatic N) is 2. The van der Waals surface area contributed by atoms with Gasteiger partial charge in [-0.3, -0.25) is 4.90 Å². The van der Waals surface area contributed by atoms with Gasteiger partial charge in [0.1, 0.15) is 0 Å². The van der Waals surface area contributed by atoms with Crippen molar-refractivity contribution >= 4 is 6.09 Å². The van der Waals surface area contributed by atoms with Gasteiger partial charge in [-0.25, -0.2) is 4.79 Å². The van der Waals surface area contributed by atoms with Crippen molar-refractivity contribution in [2.24, 2.45) is 0 Å². The van der Waals surface area contributed by atoms with E-state index in [0.29, 0.717) is 13.1 Å². The first-order valence-corrected chi connectivity index (χ1v) is 5.08. The molecule has 0 unspecified atom stereocenters. The highest BCUT2D eigenvalue weighted by Crippen LogP contribution is 2.19. The number of amides is 1. The predicted molar refractivity (Wildman–Crippen MR) is 52.9 cm³/mol. The highest BCUT2D eigenvalue weighted by molar-refractivity contribution is 5.68. The number of hydrogen-bond donors (Lipinski definition) is 0. The molecular formula is C10H16N2O2. The van der Waals surface area contributed by atoms with Crippen LogP contribution >= 0.6 is 0 Å². The molecule has 2 aliphatic heterocycles. The maximum Gasteiger partial charge on any atom is 0.410 e. The van der Waals surface area contributed by atoms with Crippen LogP contribution in [0.3, 0.4) is 0 Å². The number of rotatable bonds is 1. The first-order chi connectivity index (χ1) is 6.81. The van der Waals surface area contributed by atoms with Crippen LogP contribution in [0, 0.1) is 0 Å². The summed E-state index contributed by atoms with van der Waals surface area (Å²) in [5.41, 5.74) is 1.29. The Hall–Kier alpha value is -1.19. The molecular weight excluding hydrogens is 180 g/mol. The first kappa shape index (κ1) is 9.37. The van der Waals surface area contributed by atoms with Gasteiger partial charge in [0.15, 0.2) is 0 Å². The number of ether oxygens (including phenoxy) is 1. The van der Waals surface area contributed by atoms with Crippen molar-refractivity contribution in [3.63, 3.8) is 0 Å². The Bertz CT molecular complexity index is 257. The van der Waals surface area contributed by atoms with Crippen molar-refractivity contribution in [1.29, 1.82) is 0 Å². The lowest BCUT2D eigenvalue weighted by Crippen LogP contribution is -2.31. The molecule has 0 saturated carbocycles. The zero-order valence-electron chi connectivity index (χ0n) is 8.53. The molecule has 0 aliphatic carbocycles. The van der Waals surface area contributed by atoms with Crippen molar-refractivity contribution in [1.82, 2.24) is 9.80 Å². The van der Waals surface area contributed by atoms with Gasteiger partial charge < -0.3 is 9.64 Å². The third-order valence-electron chi connectivity index (χ3n) is 2.85. The maximum absolute atomic E-state index is 11.2. The van der Waals surface area contributed by atoms with Gasteiger partial charge in [0.25, 0.3) is 0 Å². The smallest absolute Gasteiger partial charge is 0.410 e. The van der Waals surface area contributed by atoms with E-state index in [1.165, 1.54) is 25.6 Å². The lowest BCUT2D eigenvalue weighted by atomic mass is 10.4. The average molecular weight is 196 g/mol. The van der Waals surface area contributed by atoms with E-state index in [0.717, 1.165) is 13.1 Å². The van der Waals surface area contributed by atoms with Gasteiger partial charge in [-0.1, -0.05) is 0 Å². The van der Waals surface area contributed by atoms with Crippen LogP contribution < -0.4 is 0 Å². The van der Waals surface area contributed by atoms with Gasteiger partial charge in [-0.2, -0.15) is 0 Å². The van der Waals surface area contributed by atoms with E-state index in [4.69, 9.17) is 0 Å². The van der Waals surface area contributed by atoms with Crippen LogP contribution in [-0.2, 0) is 4.74 Å². The number of likely N-dealkylation sites (tertiary alicyclic amines) is 1. The van der Waals surface area contributed by atoms with Gasteiger partial charge in [0, 0.05) is 25.3 Å².